The zero-order valence-corrected chi connectivity index (χ0v) is 13.3. The number of carbonyl (C=O) groups is 1. The number of hydrogen-bond donors (Lipinski definition) is 0. The fourth-order valence-corrected chi connectivity index (χ4v) is 3.42. The van der Waals surface area contributed by atoms with Crippen LogP contribution in [0.1, 0.15) is 13.8 Å². The van der Waals surface area contributed by atoms with E-state index in [1.54, 1.807) is 0 Å². The number of carbonyl (C=O) groups excluding carboxylic acids is 1. The monoisotopic (exact) mass is 296 g/mol. The molecule has 0 radical (unpaired) electrons. The number of hydrogen-bond acceptors (Lipinski definition) is 4. The third kappa shape index (κ3) is 3.33. The highest BCUT2D eigenvalue weighted by Crippen LogP contribution is 2.19. The summed E-state index contributed by atoms with van der Waals surface area (Å²) in [7, 11) is 0. The van der Waals surface area contributed by atoms with Gasteiger partial charge in [-0.05, 0) is 13.8 Å². The van der Waals surface area contributed by atoms with Crippen LogP contribution >= 0.6 is 0 Å². The molecule has 0 atom stereocenters. The molecule has 6 nitrogen and oxygen atoms in total. The third-order valence-electron chi connectivity index (χ3n) is 5.01. The smallest absolute Gasteiger partial charge is 0.320 e. The molecular weight excluding hydrogens is 268 g/mol. The van der Waals surface area contributed by atoms with Crippen LogP contribution in [0.3, 0.4) is 0 Å². The molecule has 3 saturated heterocycles. The highest BCUT2D eigenvalue weighted by molar-refractivity contribution is 5.75. The Labute approximate surface area is 127 Å². The summed E-state index contributed by atoms with van der Waals surface area (Å²) in [5.74, 6) is 0. The molecular formula is C15H28N4O2. The quantitative estimate of drug-likeness (QED) is 0.727. The second kappa shape index (κ2) is 6.50. The molecule has 3 aliphatic heterocycles. The first-order chi connectivity index (χ1) is 10.1. The Kier molecular flexibility index (Phi) is 4.66. The van der Waals surface area contributed by atoms with E-state index in [4.69, 9.17) is 4.74 Å². The molecule has 3 heterocycles. The van der Waals surface area contributed by atoms with Gasteiger partial charge in [-0.3, -0.25) is 9.80 Å². The first-order valence-corrected chi connectivity index (χ1v) is 8.25. The van der Waals surface area contributed by atoms with Gasteiger partial charge in [0.2, 0.25) is 0 Å². The standard InChI is InChI=1S/C15H28N4O2/c1-13(2)16-3-5-17(6-4-16)14-11-19(12-14)15(20)18-7-9-21-10-8-18/h13-14H,3-12H2,1-2H3. The first-order valence-electron chi connectivity index (χ1n) is 8.25. The molecule has 3 aliphatic rings. The largest absolute Gasteiger partial charge is 0.378 e. The van der Waals surface area contributed by atoms with E-state index in [9.17, 15) is 4.79 Å². The Hall–Kier alpha value is -0.850. The van der Waals surface area contributed by atoms with E-state index in [2.05, 4.69) is 23.6 Å². The molecule has 3 rings (SSSR count). The van der Waals surface area contributed by atoms with Crippen LogP contribution in [-0.2, 0) is 4.74 Å². The number of nitrogens with zero attached hydrogens (tertiary/aromatic N) is 4. The second-order valence-corrected chi connectivity index (χ2v) is 6.61. The lowest BCUT2D eigenvalue weighted by Crippen LogP contribution is -2.66. The van der Waals surface area contributed by atoms with Crippen molar-refractivity contribution in [2.24, 2.45) is 0 Å². The third-order valence-corrected chi connectivity index (χ3v) is 5.01. The summed E-state index contributed by atoms with van der Waals surface area (Å²) in [5.41, 5.74) is 0. The number of ether oxygens (including phenoxy) is 1. The molecule has 2 amide bonds. The summed E-state index contributed by atoms with van der Waals surface area (Å²) in [6, 6.07) is 1.42. The topological polar surface area (TPSA) is 39.3 Å². The molecule has 0 aliphatic carbocycles. The molecule has 0 saturated carbocycles. The average molecular weight is 296 g/mol. The van der Waals surface area contributed by atoms with Crippen molar-refractivity contribution in [3.63, 3.8) is 0 Å². The molecule has 0 unspecified atom stereocenters. The van der Waals surface area contributed by atoms with Crippen molar-refractivity contribution in [3.05, 3.63) is 0 Å². The Morgan fingerprint density at radius 3 is 2.14 bits per heavy atom. The second-order valence-electron chi connectivity index (χ2n) is 6.61. The van der Waals surface area contributed by atoms with Gasteiger partial charge in [-0.2, -0.15) is 0 Å². The fraction of sp³-hybridized carbons (Fsp3) is 0.933. The van der Waals surface area contributed by atoms with Crippen molar-refractivity contribution < 1.29 is 9.53 Å². The number of likely N-dealkylation sites (tertiary alicyclic amines) is 1. The number of amides is 2. The van der Waals surface area contributed by atoms with Crippen molar-refractivity contribution >= 4 is 6.03 Å². The van der Waals surface area contributed by atoms with Crippen LogP contribution in [-0.4, -0.2) is 103 Å². The van der Waals surface area contributed by atoms with Gasteiger partial charge in [-0.25, -0.2) is 4.79 Å². The van der Waals surface area contributed by atoms with E-state index in [1.165, 1.54) is 0 Å². The van der Waals surface area contributed by atoms with E-state index in [0.717, 1.165) is 52.4 Å². The molecule has 0 aromatic heterocycles. The lowest BCUT2D eigenvalue weighted by molar-refractivity contribution is -0.00325. The van der Waals surface area contributed by atoms with E-state index < -0.39 is 0 Å². The molecule has 0 aromatic rings. The summed E-state index contributed by atoms with van der Waals surface area (Å²) in [5, 5.41) is 0. The van der Waals surface area contributed by atoms with Crippen LogP contribution in [0.15, 0.2) is 0 Å². The first kappa shape index (κ1) is 15.1. The van der Waals surface area contributed by atoms with Gasteiger partial charge in [-0.1, -0.05) is 0 Å². The number of morpholine rings is 1. The lowest BCUT2D eigenvalue weighted by atomic mass is 10.1. The number of urea groups is 1. The van der Waals surface area contributed by atoms with Crippen LogP contribution in [0.4, 0.5) is 4.79 Å². The van der Waals surface area contributed by atoms with Crippen molar-refractivity contribution in [2.45, 2.75) is 25.9 Å². The molecule has 0 spiro atoms. The Morgan fingerprint density at radius 2 is 1.57 bits per heavy atom. The summed E-state index contributed by atoms with van der Waals surface area (Å²) in [6.07, 6.45) is 0. The maximum atomic E-state index is 12.3. The molecule has 0 N–H and O–H groups in total. The molecule has 3 fully saturated rings. The van der Waals surface area contributed by atoms with Crippen LogP contribution in [0, 0.1) is 0 Å². The highest BCUT2D eigenvalue weighted by atomic mass is 16.5. The zero-order valence-electron chi connectivity index (χ0n) is 13.3. The SMILES string of the molecule is CC(C)N1CCN(C2CN(C(=O)N3CCOCC3)C2)CC1. The van der Waals surface area contributed by atoms with E-state index >= 15 is 0 Å². The van der Waals surface area contributed by atoms with Gasteiger partial charge < -0.3 is 14.5 Å². The van der Waals surface area contributed by atoms with Gasteiger partial charge >= 0.3 is 6.03 Å². The lowest BCUT2D eigenvalue weighted by Gasteiger charge is -2.49. The Balaban J connectivity index is 1.40. The normalized spacial score (nSPS) is 26.2. The summed E-state index contributed by atoms with van der Waals surface area (Å²) >= 11 is 0. The molecule has 0 aromatic carbocycles. The number of rotatable bonds is 2. The maximum absolute atomic E-state index is 12.3. The van der Waals surface area contributed by atoms with Crippen molar-refractivity contribution in [3.8, 4) is 0 Å². The van der Waals surface area contributed by atoms with Crippen LogP contribution in [0.5, 0.6) is 0 Å². The van der Waals surface area contributed by atoms with Gasteiger partial charge in [0.05, 0.1) is 13.2 Å². The zero-order chi connectivity index (χ0) is 14.8. The predicted octanol–water partition coefficient (Wildman–Crippen LogP) is 0.149. The molecule has 21 heavy (non-hydrogen) atoms. The van der Waals surface area contributed by atoms with Crippen LogP contribution < -0.4 is 0 Å². The van der Waals surface area contributed by atoms with Crippen molar-refractivity contribution in [2.75, 3.05) is 65.6 Å². The fourth-order valence-electron chi connectivity index (χ4n) is 3.42. The Bertz CT molecular complexity index is 357. The molecule has 120 valence electrons. The van der Waals surface area contributed by atoms with Gasteiger partial charge in [0.25, 0.3) is 0 Å². The van der Waals surface area contributed by atoms with Gasteiger partial charge in [0.15, 0.2) is 0 Å². The van der Waals surface area contributed by atoms with E-state index in [-0.39, 0.29) is 6.03 Å². The van der Waals surface area contributed by atoms with Crippen LogP contribution in [0.25, 0.3) is 0 Å². The predicted molar refractivity (Wildman–Crippen MR) is 81.4 cm³/mol. The molecule has 0 bridgehead atoms. The summed E-state index contributed by atoms with van der Waals surface area (Å²) < 4.78 is 5.30. The molecule has 6 heteroatoms. The van der Waals surface area contributed by atoms with Crippen LogP contribution in [0.2, 0.25) is 0 Å². The summed E-state index contributed by atoms with van der Waals surface area (Å²) in [6.45, 7) is 13.8. The van der Waals surface area contributed by atoms with Gasteiger partial charge in [-0.15, -0.1) is 0 Å². The minimum Gasteiger partial charge on any atom is -0.378 e. The average Bonchev–Trinajstić information content (AvgIpc) is 2.47. The van der Waals surface area contributed by atoms with Crippen molar-refractivity contribution in [1.82, 2.24) is 19.6 Å². The minimum absolute atomic E-state index is 0.204. The summed E-state index contributed by atoms with van der Waals surface area (Å²) in [4.78, 5) is 21.3. The van der Waals surface area contributed by atoms with Gasteiger partial charge in [0.1, 0.15) is 0 Å². The van der Waals surface area contributed by atoms with Gasteiger partial charge in [0, 0.05) is 64.4 Å². The van der Waals surface area contributed by atoms with E-state index in [0.29, 0.717) is 25.3 Å². The van der Waals surface area contributed by atoms with E-state index in [1.807, 2.05) is 9.80 Å². The minimum atomic E-state index is 0.204. The number of piperazine rings is 1. The Morgan fingerprint density at radius 1 is 0.952 bits per heavy atom. The maximum Gasteiger partial charge on any atom is 0.320 e. The van der Waals surface area contributed by atoms with Crippen molar-refractivity contribution in [1.29, 1.82) is 0 Å². The highest BCUT2D eigenvalue weighted by Gasteiger charge is 2.38.